The van der Waals surface area contributed by atoms with Crippen molar-refractivity contribution in [1.82, 2.24) is 10.3 Å². The second-order valence-corrected chi connectivity index (χ2v) is 5.60. The highest BCUT2D eigenvalue weighted by Crippen LogP contribution is 2.22. The fourth-order valence-corrected chi connectivity index (χ4v) is 2.64. The zero-order chi connectivity index (χ0) is 13.0. The van der Waals surface area contributed by atoms with E-state index in [2.05, 4.69) is 10.3 Å². The lowest BCUT2D eigenvalue weighted by atomic mass is 10.0. The van der Waals surface area contributed by atoms with Crippen molar-refractivity contribution in [1.29, 1.82) is 0 Å². The fourth-order valence-electron chi connectivity index (χ4n) is 1.82. The first-order chi connectivity index (χ1) is 7.91. The number of carboxylic acid groups (broad SMARTS) is 1. The number of carboxylic acids is 1. The molecule has 17 heavy (non-hydrogen) atoms. The van der Waals surface area contributed by atoms with Gasteiger partial charge in [0, 0.05) is 10.9 Å². The molecule has 0 saturated heterocycles. The zero-order valence-electron chi connectivity index (χ0n) is 10.7. The standard InChI is InChI=1S/C12H20N2O2S/c1-7(2)5-10(12(15)16)14-9(4)11-8(3)13-6-17-11/h6-7,9-10,14H,5H2,1-4H3,(H,15,16). The number of aliphatic carboxylic acids is 1. The number of aryl methyl sites for hydroxylation is 1. The van der Waals surface area contributed by atoms with Gasteiger partial charge in [0.2, 0.25) is 0 Å². The van der Waals surface area contributed by atoms with Gasteiger partial charge in [0.15, 0.2) is 0 Å². The van der Waals surface area contributed by atoms with E-state index in [1.165, 1.54) is 0 Å². The lowest BCUT2D eigenvalue weighted by molar-refractivity contribution is -0.140. The third-order valence-corrected chi connectivity index (χ3v) is 3.75. The Balaban J connectivity index is 2.67. The van der Waals surface area contributed by atoms with E-state index < -0.39 is 12.0 Å². The molecule has 0 aliphatic rings. The minimum absolute atomic E-state index is 0.0300. The molecule has 2 atom stereocenters. The highest BCUT2D eigenvalue weighted by Gasteiger charge is 2.22. The number of nitrogens with one attached hydrogen (secondary N) is 1. The second kappa shape index (κ2) is 6.12. The first-order valence-corrected chi connectivity index (χ1v) is 6.68. The van der Waals surface area contributed by atoms with Gasteiger partial charge in [-0.25, -0.2) is 4.98 Å². The summed E-state index contributed by atoms with van der Waals surface area (Å²) in [6.45, 7) is 7.99. The summed E-state index contributed by atoms with van der Waals surface area (Å²) in [6.07, 6.45) is 0.636. The molecule has 96 valence electrons. The van der Waals surface area contributed by atoms with Crippen LogP contribution in [-0.4, -0.2) is 22.1 Å². The van der Waals surface area contributed by atoms with Gasteiger partial charge in [0.05, 0.1) is 11.2 Å². The quantitative estimate of drug-likeness (QED) is 0.821. The van der Waals surface area contributed by atoms with Gasteiger partial charge < -0.3 is 5.11 Å². The van der Waals surface area contributed by atoms with E-state index in [9.17, 15) is 4.79 Å². The molecule has 0 fully saturated rings. The Bertz CT molecular complexity index is 376. The monoisotopic (exact) mass is 256 g/mol. The lowest BCUT2D eigenvalue weighted by Gasteiger charge is -2.21. The van der Waals surface area contributed by atoms with Gasteiger partial charge in [-0.15, -0.1) is 11.3 Å². The third-order valence-electron chi connectivity index (χ3n) is 2.63. The van der Waals surface area contributed by atoms with Crippen molar-refractivity contribution in [3.8, 4) is 0 Å². The first kappa shape index (κ1) is 14.1. The van der Waals surface area contributed by atoms with Crippen LogP contribution in [0.4, 0.5) is 0 Å². The second-order valence-electron chi connectivity index (χ2n) is 4.71. The van der Waals surface area contributed by atoms with Crippen LogP contribution in [0.25, 0.3) is 0 Å². The van der Waals surface area contributed by atoms with Crippen LogP contribution >= 0.6 is 11.3 Å². The SMILES string of the molecule is Cc1ncsc1C(C)NC(CC(C)C)C(=O)O. The average molecular weight is 256 g/mol. The molecule has 0 aliphatic heterocycles. The number of carbonyl (C=O) groups is 1. The Morgan fingerprint density at radius 2 is 2.18 bits per heavy atom. The van der Waals surface area contributed by atoms with Gasteiger partial charge in [-0.2, -0.15) is 0 Å². The summed E-state index contributed by atoms with van der Waals surface area (Å²) in [7, 11) is 0. The summed E-state index contributed by atoms with van der Waals surface area (Å²) in [4.78, 5) is 16.4. The maximum atomic E-state index is 11.2. The van der Waals surface area contributed by atoms with Gasteiger partial charge in [0.25, 0.3) is 0 Å². The van der Waals surface area contributed by atoms with Crippen molar-refractivity contribution in [2.24, 2.45) is 5.92 Å². The average Bonchev–Trinajstić information content (AvgIpc) is 2.62. The molecule has 1 aromatic heterocycles. The topological polar surface area (TPSA) is 62.2 Å². The van der Waals surface area contributed by atoms with Crippen LogP contribution in [0.15, 0.2) is 5.51 Å². The van der Waals surface area contributed by atoms with Crippen LogP contribution in [0, 0.1) is 12.8 Å². The predicted molar refractivity (Wildman–Crippen MR) is 69.3 cm³/mol. The van der Waals surface area contributed by atoms with Crippen molar-refractivity contribution in [2.75, 3.05) is 0 Å². The summed E-state index contributed by atoms with van der Waals surface area (Å²) in [6, 6.07) is -0.464. The molecule has 4 nitrogen and oxygen atoms in total. The molecule has 0 amide bonds. The van der Waals surface area contributed by atoms with Crippen LogP contribution in [0.1, 0.15) is 43.8 Å². The molecule has 1 heterocycles. The van der Waals surface area contributed by atoms with Crippen LogP contribution in [0.2, 0.25) is 0 Å². The molecule has 2 unspecified atom stereocenters. The number of nitrogens with zero attached hydrogens (tertiary/aromatic N) is 1. The largest absolute Gasteiger partial charge is 0.480 e. The Labute approximate surface area is 106 Å². The van der Waals surface area contributed by atoms with Crippen molar-refractivity contribution in [2.45, 2.75) is 46.2 Å². The normalized spacial score (nSPS) is 14.9. The molecule has 1 rings (SSSR count). The van der Waals surface area contributed by atoms with E-state index in [0.717, 1.165) is 10.6 Å². The van der Waals surface area contributed by atoms with Crippen LogP contribution in [0.3, 0.4) is 0 Å². The molecule has 0 aliphatic carbocycles. The molecule has 0 spiro atoms. The van der Waals surface area contributed by atoms with Gasteiger partial charge in [-0.3, -0.25) is 10.1 Å². The van der Waals surface area contributed by atoms with Crippen LogP contribution in [0.5, 0.6) is 0 Å². The number of thiazole rings is 1. The van der Waals surface area contributed by atoms with Gasteiger partial charge >= 0.3 is 5.97 Å². The van der Waals surface area contributed by atoms with Crippen molar-refractivity contribution >= 4 is 17.3 Å². The highest BCUT2D eigenvalue weighted by molar-refractivity contribution is 7.09. The van der Waals surface area contributed by atoms with E-state index in [-0.39, 0.29) is 6.04 Å². The van der Waals surface area contributed by atoms with E-state index in [1.54, 1.807) is 16.8 Å². The third kappa shape index (κ3) is 4.09. The number of hydrogen-bond acceptors (Lipinski definition) is 4. The Kier molecular flexibility index (Phi) is 5.08. The van der Waals surface area contributed by atoms with Crippen molar-refractivity contribution in [3.63, 3.8) is 0 Å². The van der Waals surface area contributed by atoms with Crippen LogP contribution < -0.4 is 5.32 Å². The molecule has 0 saturated carbocycles. The summed E-state index contributed by atoms with van der Waals surface area (Å²) in [5.74, 6) is -0.425. The Hall–Kier alpha value is -0.940. The lowest BCUT2D eigenvalue weighted by Crippen LogP contribution is -2.39. The number of aromatic nitrogens is 1. The molecular weight excluding hydrogens is 236 g/mol. The Morgan fingerprint density at radius 1 is 1.53 bits per heavy atom. The molecular formula is C12H20N2O2S. The molecule has 0 bridgehead atoms. The highest BCUT2D eigenvalue weighted by atomic mass is 32.1. The minimum Gasteiger partial charge on any atom is -0.480 e. The van der Waals surface area contributed by atoms with E-state index >= 15 is 0 Å². The molecule has 5 heteroatoms. The van der Waals surface area contributed by atoms with Crippen molar-refractivity contribution in [3.05, 3.63) is 16.1 Å². The first-order valence-electron chi connectivity index (χ1n) is 5.80. The van der Waals surface area contributed by atoms with Crippen molar-refractivity contribution < 1.29 is 9.90 Å². The summed E-state index contributed by atoms with van der Waals surface area (Å²) in [5.41, 5.74) is 2.77. The van der Waals surface area contributed by atoms with E-state index in [0.29, 0.717) is 12.3 Å². The Morgan fingerprint density at radius 3 is 2.59 bits per heavy atom. The summed E-state index contributed by atoms with van der Waals surface area (Å²) in [5, 5.41) is 12.3. The summed E-state index contributed by atoms with van der Waals surface area (Å²) < 4.78 is 0. The van der Waals surface area contributed by atoms with Gasteiger partial charge in [0.1, 0.15) is 6.04 Å². The summed E-state index contributed by atoms with van der Waals surface area (Å²) >= 11 is 1.56. The van der Waals surface area contributed by atoms with Gasteiger partial charge in [-0.05, 0) is 26.2 Å². The number of hydrogen-bond donors (Lipinski definition) is 2. The predicted octanol–water partition coefficient (Wildman–Crippen LogP) is 2.60. The number of rotatable bonds is 6. The van der Waals surface area contributed by atoms with E-state index in [4.69, 9.17) is 5.11 Å². The maximum absolute atomic E-state index is 11.2. The molecule has 0 aromatic carbocycles. The fraction of sp³-hybridized carbons (Fsp3) is 0.667. The van der Waals surface area contributed by atoms with Crippen LogP contribution in [-0.2, 0) is 4.79 Å². The smallest absolute Gasteiger partial charge is 0.320 e. The maximum Gasteiger partial charge on any atom is 0.320 e. The minimum atomic E-state index is -0.785. The van der Waals surface area contributed by atoms with Gasteiger partial charge in [-0.1, -0.05) is 13.8 Å². The molecule has 1 aromatic rings. The molecule has 0 radical (unpaired) electrons. The van der Waals surface area contributed by atoms with E-state index in [1.807, 2.05) is 27.7 Å². The zero-order valence-corrected chi connectivity index (χ0v) is 11.5. The molecule has 2 N–H and O–H groups in total.